The van der Waals surface area contributed by atoms with Crippen molar-refractivity contribution in [2.75, 3.05) is 10.4 Å². The van der Waals surface area contributed by atoms with Crippen LogP contribution in [0.15, 0.2) is 61.1 Å². The first-order valence-electron chi connectivity index (χ1n) is 8.84. The van der Waals surface area contributed by atoms with E-state index < -0.39 is 0 Å². The fourth-order valence-electron chi connectivity index (χ4n) is 3.27. The van der Waals surface area contributed by atoms with Gasteiger partial charge < -0.3 is 5.43 Å². The van der Waals surface area contributed by atoms with Crippen molar-refractivity contribution >= 4 is 22.4 Å². The smallest absolute Gasteiger partial charge is 0.170 e. The fraction of sp³-hybridized carbons (Fsp3) is 0.100. The monoisotopic (exact) mass is 368 g/mol. The Labute approximate surface area is 161 Å². The number of benzene rings is 1. The molecular formula is C20H16N8. The molecule has 2 N–H and O–H groups in total. The molecule has 8 heteroatoms. The van der Waals surface area contributed by atoms with Crippen LogP contribution in [-0.2, 0) is 13.1 Å². The maximum Gasteiger partial charge on any atom is 0.170 e. The van der Waals surface area contributed by atoms with Crippen molar-refractivity contribution < 1.29 is 0 Å². The quantitative estimate of drug-likeness (QED) is 0.572. The lowest BCUT2D eigenvalue weighted by Crippen LogP contribution is -2.35. The van der Waals surface area contributed by atoms with E-state index in [0.717, 1.165) is 39.2 Å². The number of pyridine rings is 2. The van der Waals surface area contributed by atoms with Crippen molar-refractivity contribution in [3.8, 4) is 17.3 Å². The molecule has 4 aromatic rings. The van der Waals surface area contributed by atoms with E-state index >= 15 is 0 Å². The molecule has 1 aliphatic heterocycles. The lowest BCUT2D eigenvalue weighted by atomic mass is 10.1. The summed E-state index contributed by atoms with van der Waals surface area (Å²) in [5, 5.41) is 16.1. The highest BCUT2D eigenvalue weighted by Gasteiger charge is 2.21. The molecule has 0 spiro atoms. The SMILES string of the molecule is N#CCn1cc(-c2ccc3c(n2)N(Cc2ccc4ncccc4c2)NN3)cn1. The molecule has 1 aromatic carbocycles. The summed E-state index contributed by atoms with van der Waals surface area (Å²) in [6.45, 7) is 0.867. The zero-order valence-electron chi connectivity index (χ0n) is 14.9. The molecule has 0 unspecified atom stereocenters. The zero-order valence-corrected chi connectivity index (χ0v) is 14.9. The summed E-state index contributed by atoms with van der Waals surface area (Å²) in [5.41, 5.74) is 11.0. The minimum atomic E-state index is 0.219. The lowest BCUT2D eigenvalue weighted by Gasteiger charge is -2.17. The molecule has 28 heavy (non-hydrogen) atoms. The summed E-state index contributed by atoms with van der Waals surface area (Å²) < 4.78 is 1.60. The summed E-state index contributed by atoms with van der Waals surface area (Å²) in [5.74, 6) is 0.816. The van der Waals surface area contributed by atoms with E-state index in [4.69, 9.17) is 10.2 Å². The van der Waals surface area contributed by atoms with Gasteiger partial charge in [0.15, 0.2) is 5.82 Å². The third-order valence-electron chi connectivity index (χ3n) is 4.63. The Morgan fingerprint density at radius 2 is 2.11 bits per heavy atom. The molecule has 0 fully saturated rings. The van der Waals surface area contributed by atoms with Gasteiger partial charge in [0.05, 0.1) is 35.7 Å². The normalized spacial score (nSPS) is 12.6. The Bertz CT molecular complexity index is 1210. The van der Waals surface area contributed by atoms with Crippen molar-refractivity contribution in [1.82, 2.24) is 25.3 Å². The molecule has 0 amide bonds. The Kier molecular flexibility index (Phi) is 3.85. The summed E-state index contributed by atoms with van der Waals surface area (Å²) in [6, 6.07) is 16.2. The van der Waals surface area contributed by atoms with Gasteiger partial charge in [-0.3, -0.25) is 14.7 Å². The molecule has 0 saturated carbocycles. The van der Waals surface area contributed by atoms with E-state index in [1.165, 1.54) is 0 Å². The van der Waals surface area contributed by atoms with Crippen LogP contribution in [0.1, 0.15) is 5.56 Å². The first-order chi connectivity index (χ1) is 13.8. The van der Waals surface area contributed by atoms with Crippen LogP contribution >= 0.6 is 0 Å². The second-order valence-electron chi connectivity index (χ2n) is 6.51. The van der Waals surface area contributed by atoms with Crippen LogP contribution in [0.25, 0.3) is 22.2 Å². The molecule has 5 rings (SSSR count). The minimum Gasteiger partial charge on any atom is -0.300 e. The number of hydrazine groups is 2. The highest BCUT2D eigenvalue weighted by Crippen LogP contribution is 2.31. The van der Waals surface area contributed by atoms with Gasteiger partial charge in [-0.1, -0.05) is 12.1 Å². The Morgan fingerprint density at radius 3 is 3.04 bits per heavy atom. The molecule has 0 atom stereocenters. The average molecular weight is 368 g/mol. The average Bonchev–Trinajstić information content (AvgIpc) is 3.35. The van der Waals surface area contributed by atoms with Gasteiger partial charge in [-0.2, -0.15) is 10.4 Å². The molecule has 3 aromatic heterocycles. The standard InChI is InChI=1S/C20H16N8/c21-7-9-27-13-16(11-23-27)18-5-6-19-20(24-18)28(26-25-19)12-14-3-4-17-15(10-14)2-1-8-22-17/h1-6,8,10-11,13,25-26H,9,12H2. The third kappa shape index (κ3) is 2.90. The highest BCUT2D eigenvalue weighted by atomic mass is 15.7. The van der Waals surface area contributed by atoms with Crippen LogP contribution in [0.5, 0.6) is 0 Å². The van der Waals surface area contributed by atoms with E-state index in [1.807, 2.05) is 35.5 Å². The Hall–Kier alpha value is -3.96. The van der Waals surface area contributed by atoms with Gasteiger partial charge in [0, 0.05) is 23.3 Å². The van der Waals surface area contributed by atoms with Gasteiger partial charge in [0.25, 0.3) is 0 Å². The van der Waals surface area contributed by atoms with Gasteiger partial charge in [0.1, 0.15) is 6.54 Å². The molecule has 136 valence electrons. The Morgan fingerprint density at radius 1 is 1.14 bits per heavy atom. The van der Waals surface area contributed by atoms with Crippen LogP contribution in [0.3, 0.4) is 0 Å². The molecule has 0 bridgehead atoms. The molecule has 1 aliphatic rings. The zero-order chi connectivity index (χ0) is 18.9. The summed E-state index contributed by atoms with van der Waals surface area (Å²) in [4.78, 5) is 9.16. The van der Waals surface area contributed by atoms with Crippen LogP contribution in [0.2, 0.25) is 0 Å². The molecule has 8 nitrogen and oxygen atoms in total. The van der Waals surface area contributed by atoms with Gasteiger partial charge in [-0.15, -0.1) is 5.53 Å². The highest BCUT2D eigenvalue weighted by molar-refractivity contribution is 5.79. The van der Waals surface area contributed by atoms with E-state index in [0.29, 0.717) is 6.54 Å². The van der Waals surface area contributed by atoms with Crippen molar-refractivity contribution in [1.29, 1.82) is 5.26 Å². The van der Waals surface area contributed by atoms with Crippen molar-refractivity contribution in [3.63, 3.8) is 0 Å². The summed E-state index contributed by atoms with van der Waals surface area (Å²) in [7, 11) is 0. The number of aromatic nitrogens is 4. The summed E-state index contributed by atoms with van der Waals surface area (Å²) >= 11 is 0. The van der Waals surface area contributed by atoms with Crippen LogP contribution in [0.4, 0.5) is 11.5 Å². The fourth-order valence-corrected chi connectivity index (χ4v) is 3.27. The lowest BCUT2D eigenvalue weighted by molar-refractivity contribution is 0.710. The number of hydrogen-bond donors (Lipinski definition) is 2. The molecular weight excluding hydrogens is 352 g/mol. The Balaban J connectivity index is 1.43. The first kappa shape index (κ1) is 16.2. The second kappa shape index (κ2) is 6.64. The largest absolute Gasteiger partial charge is 0.300 e. The van der Waals surface area contributed by atoms with Gasteiger partial charge in [-0.25, -0.2) is 4.98 Å². The van der Waals surface area contributed by atoms with E-state index in [-0.39, 0.29) is 6.54 Å². The number of hydrogen-bond acceptors (Lipinski definition) is 7. The first-order valence-corrected chi connectivity index (χ1v) is 8.84. The third-order valence-corrected chi connectivity index (χ3v) is 4.63. The van der Waals surface area contributed by atoms with Crippen LogP contribution in [-0.4, -0.2) is 19.7 Å². The number of fused-ring (bicyclic) bond motifs is 2. The maximum absolute atomic E-state index is 8.81. The van der Waals surface area contributed by atoms with Gasteiger partial charge >= 0.3 is 0 Å². The van der Waals surface area contributed by atoms with Crippen molar-refractivity contribution in [3.05, 3.63) is 66.6 Å². The van der Waals surface area contributed by atoms with Gasteiger partial charge in [0.2, 0.25) is 0 Å². The minimum absolute atomic E-state index is 0.219. The van der Waals surface area contributed by atoms with E-state index in [2.05, 4.69) is 45.3 Å². The number of nitrogens with one attached hydrogen (secondary N) is 2. The number of anilines is 2. The second-order valence-corrected chi connectivity index (χ2v) is 6.51. The van der Waals surface area contributed by atoms with E-state index in [9.17, 15) is 0 Å². The topological polar surface area (TPSA) is 94.7 Å². The number of nitrogens with zero attached hydrogens (tertiary/aromatic N) is 6. The summed E-state index contributed by atoms with van der Waals surface area (Å²) in [6.07, 6.45) is 5.35. The maximum atomic E-state index is 8.81. The number of nitriles is 1. The van der Waals surface area contributed by atoms with Crippen LogP contribution < -0.4 is 16.0 Å². The molecule has 0 aliphatic carbocycles. The van der Waals surface area contributed by atoms with Crippen LogP contribution in [0, 0.1) is 11.3 Å². The van der Waals surface area contributed by atoms with Crippen molar-refractivity contribution in [2.45, 2.75) is 13.1 Å². The molecule has 0 saturated heterocycles. The predicted molar refractivity (Wildman–Crippen MR) is 106 cm³/mol. The van der Waals surface area contributed by atoms with Crippen molar-refractivity contribution in [2.24, 2.45) is 0 Å². The predicted octanol–water partition coefficient (Wildman–Crippen LogP) is 2.87. The number of rotatable bonds is 4. The molecule has 0 radical (unpaired) electrons. The van der Waals surface area contributed by atoms with E-state index in [1.54, 1.807) is 17.1 Å². The van der Waals surface area contributed by atoms with Gasteiger partial charge in [-0.05, 0) is 35.9 Å². The molecule has 4 heterocycles.